The molecular formula is C21H17ClN2O4S. The summed E-state index contributed by atoms with van der Waals surface area (Å²) >= 11 is 5.86. The van der Waals surface area contributed by atoms with E-state index in [2.05, 4.69) is 10.5 Å². The highest BCUT2D eigenvalue weighted by Gasteiger charge is 2.18. The Balaban J connectivity index is 1.70. The van der Waals surface area contributed by atoms with E-state index in [1.807, 2.05) is 30.3 Å². The molecule has 0 saturated carbocycles. The number of para-hydroxylation sites is 1. The van der Waals surface area contributed by atoms with Crippen molar-refractivity contribution < 1.29 is 17.4 Å². The quantitative estimate of drug-likeness (QED) is 0.352. The van der Waals surface area contributed by atoms with Gasteiger partial charge in [0.1, 0.15) is 4.90 Å². The molecule has 6 nitrogen and oxygen atoms in total. The Labute approximate surface area is 173 Å². The molecule has 0 aliphatic carbocycles. The number of halogens is 1. The van der Waals surface area contributed by atoms with Gasteiger partial charge in [-0.2, -0.15) is 13.5 Å². The molecular weight excluding hydrogens is 412 g/mol. The molecule has 0 atom stereocenters. The summed E-state index contributed by atoms with van der Waals surface area (Å²) in [6.45, 7) is 0. The highest BCUT2D eigenvalue weighted by Crippen LogP contribution is 2.23. The predicted molar refractivity (Wildman–Crippen MR) is 112 cm³/mol. The zero-order valence-corrected chi connectivity index (χ0v) is 16.7. The summed E-state index contributed by atoms with van der Waals surface area (Å²) < 4.78 is 30.2. The zero-order chi connectivity index (χ0) is 20.7. The smallest absolute Gasteiger partial charge is 0.339 e. The van der Waals surface area contributed by atoms with Crippen LogP contribution in [0.4, 0.5) is 0 Å². The highest BCUT2D eigenvalue weighted by molar-refractivity contribution is 7.87. The van der Waals surface area contributed by atoms with Crippen molar-refractivity contribution >= 4 is 33.8 Å². The van der Waals surface area contributed by atoms with Crippen LogP contribution in [-0.2, 0) is 21.3 Å². The molecule has 0 bridgehead atoms. The van der Waals surface area contributed by atoms with E-state index < -0.39 is 10.1 Å². The molecule has 0 heterocycles. The third-order valence-electron chi connectivity index (χ3n) is 3.80. The fraction of sp³-hybridized carbons (Fsp3) is 0.0476. The lowest BCUT2D eigenvalue weighted by Gasteiger charge is -2.09. The highest BCUT2D eigenvalue weighted by atomic mass is 35.5. The van der Waals surface area contributed by atoms with Gasteiger partial charge in [-0.25, -0.2) is 5.43 Å². The van der Waals surface area contributed by atoms with Crippen LogP contribution in [0.3, 0.4) is 0 Å². The van der Waals surface area contributed by atoms with Gasteiger partial charge in [-0.1, -0.05) is 60.1 Å². The summed E-state index contributed by atoms with van der Waals surface area (Å²) in [5.74, 6) is -0.217. The average Bonchev–Trinajstić information content (AvgIpc) is 2.70. The van der Waals surface area contributed by atoms with Gasteiger partial charge in [0.25, 0.3) is 0 Å². The monoisotopic (exact) mass is 428 g/mol. The van der Waals surface area contributed by atoms with Crippen molar-refractivity contribution in [1.29, 1.82) is 0 Å². The molecule has 0 radical (unpaired) electrons. The second-order valence-electron chi connectivity index (χ2n) is 5.99. The lowest BCUT2D eigenvalue weighted by atomic mass is 10.1. The molecule has 1 amide bonds. The van der Waals surface area contributed by atoms with Crippen molar-refractivity contribution in [2.75, 3.05) is 0 Å². The molecule has 0 spiro atoms. The van der Waals surface area contributed by atoms with E-state index in [1.54, 1.807) is 24.3 Å². The van der Waals surface area contributed by atoms with Crippen LogP contribution in [0, 0.1) is 0 Å². The molecule has 148 valence electrons. The van der Waals surface area contributed by atoms with Crippen molar-refractivity contribution in [2.24, 2.45) is 5.10 Å². The topological polar surface area (TPSA) is 84.8 Å². The second-order valence-corrected chi connectivity index (χ2v) is 7.97. The maximum Gasteiger partial charge on any atom is 0.339 e. The predicted octanol–water partition coefficient (Wildman–Crippen LogP) is 3.80. The standard InChI is InChI=1S/C21H17ClN2O4S/c22-18-10-6-11-19(14-18)29(26,27)28-20-12-5-4-9-17(20)15-23-24-21(25)13-16-7-2-1-3-8-16/h1-12,14-15H,13H2,(H,24,25). The van der Waals surface area contributed by atoms with Crippen molar-refractivity contribution in [3.63, 3.8) is 0 Å². The first-order valence-electron chi connectivity index (χ1n) is 8.59. The van der Waals surface area contributed by atoms with Crippen LogP contribution in [0.2, 0.25) is 5.02 Å². The number of hydrogen-bond acceptors (Lipinski definition) is 5. The van der Waals surface area contributed by atoms with E-state index in [9.17, 15) is 13.2 Å². The minimum absolute atomic E-state index is 0.0621. The fourth-order valence-corrected chi connectivity index (χ4v) is 3.70. The van der Waals surface area contributed by atoms with Gasteiger partial charge < -0.3 is 4.18 Å². The summed E-state index contributed by atoms with van der Waals surface area (Å²) in [7, 11) is -4.07. The number of hydrazone groups is 1. The molecule has 3 rings (SSSR count). The van der Waals surface area contributed by atoms with Crippen LogP contribution in [0.5, 0.6) is 5.75 Å². The maximum absolute atomic E-state index is 12.5. The Morgan fingerprint density at radius 1 is 1.00 bits per heavy atom. The molecule has 0 fully saturated rings. The Morgan fingerprint density at radius 2 is 1.72 bits per heavy atom. The number of hydrogen-bond donors (Lipinski definition) is 1. The van der Waals surface area contributed by atoms with E-state index >= 15 is 0 Å². The van der Waals surface area contributed by atoms with E-state index in [-0.39, 0.29) is 28.0 Å². The average molecular weight is 429 g/mol. The SMILES string of the molecule is O=C(Cc1ccccc1)NN=Cc1ccccc1OS(=O)(=O)c1cccc(Cl)c1. The summed E-state index contributed by atoms with van der Waals surface area (Å²) in [4.78, 5) is 11.9. The molecule has 0 saturated heterocycles. The Morgan fingerprint density at radius 3 is 2.48 bits per heavy atom. The normalized spacial score (nSPS) is 11.3. The van der Waals surface area contributed by atoms with E-state index in [0.29, 0.717) is 5.56 Å². The van der Waals surface area contributed by atoms with Gasteiger partial charge in [0.05, 0.1) is 12.6 Å². The van der Waals surface area contributed by atoms with Gasteiger partial charge in [-0.3, -0.25) is 4.79 Å². The Kier molecular flexibility index (Phi) is 6.64. The van der Waals surface area contributed by atoms with Gasteiger partial charge in [-0.15, -0.1) is 0 Å². The summed E-state index contributed by atoms with van der Waals surface area (Å²) in [6.07, 6.45) is 1.51. The number of nitrogens with zero attached hydrogens (tertiary/aromatic N) is 1. The minimum atomic E-state index is -4.07. The van der Waals surface area contributed by atoms with Crippen molar-refractivity contribution in [3.05, 3.63) is 95.0 Å². The third-order valence-corrected chi connectivity index (χ3v) is 5.27. The first-order valence-corrected chi connectivity index (χ1v) is 10.4. The lowest BCUT2D eigenvalue weighted by molar-refractivity contribution is -0.120. The van der Waals surface area contributed by atoms with Gasteiger partial charge in [0.15, 0.2) is 5.75 Å². The first kappa shape index (κ1) is 20.6. The van der Waals surface area contributed by atoms with Gasteiger partial charge >= 0.3 is 10.1 Å². The zero-order valence-electron chi connectivity index (χ0n) is 15.2. The molecule has 1 N–H and O–H groups in total. The molecule has 29 heavy (non-hydrogen) atoms. The third kappa shape index (κ3) is 5.91. The molecule has 3 aromatic carbocycles. The lowest BCUT2D eigenvalue weighted by Crippen LogP contribution is -2.19. The summed E-state index contributed by atoms with van der Waals surface area (Å²) in [5, 5.41) is 4.18. The van der Waals surface area contributed by atoms with E-state index in [4.69, 9.17) is 15.8 Å². The Hall–Kier alpha value is -3.16. The maximum atomic E-state index is 12.5. The number of nitrogens with one attached hydrogen (secondary N) is 1. The van der Waals surface area contributed by atoms with Crippen LogP contribution >= 0.6 is 11.6 Å². The molecule has 0 aliphatic heterocycles. The number of amides is 1. The Bertz CT molecular complexity index is 1130. The van der Waals surface area contributed by atoms with E-state index in [1.165, 1.54) is 30.5 Å². The minimum Gasteiger partial charge on any atom is -0.378 e. The second kappa shape index (κ2) is 9.36. The van der Waals surface area contributed by atoms with Gasteiger partial charge in [0.2, 0.25) is 5.91 Å². The van der Waals surface area contributed by atoms with Crippen molar-refractivity contribution in [2.45, 2.75) is 11.3 Å². The van der Waals surface area contributed by atoms with Crippen LogP contribution in [0.25, 0.3) is 0 Å². The number of rotatable bonds is 7. The molecule has 3 aromatic rings. The van der Waals surface area contributed by atoms with Crippen LogP contribution < -0.4 is 9.61 Å². The van der Waals surface area contributed by atoms with Gasteiger partial charge in [-0.05, 0) is 35.9 Å². The molecule has 0 aliphatic rings. The molecule has 0 unspecified atom stereocenters. The summed E-state index contributed by atoms with van der Waals surface area (Å²) in [5.41, 5.74) is 3.66. The summed E-state index contributed by atoms with van der Waals surface area (Å²) in [6, 6.07) is 21.5. The first-order chi connectivity index (χ1) is 13.9. The number of benzene rings is 3. The molecule has 0 aromatic heterocycles. The fourth-order valence-electron chi connectivity index (χ4n) is 2.45. The number of carbonyl (C=O) groups is 1. The van der Waals surface area contributed by atoms with Crippen LogP contribution in [-0.4, -0.2) is 20.5 Å². The van der Waals surface area contributed by atoms with Crippen molar-refractivity contribution in [3.8, 4) is 5.75 Å². The van der Waals surface area contributed by atoms with Crippen molar-refractivity contribution in [1.82, 2.24) is 5.43 Å². The largest absolute Gasteiger partial charge is 0.378 e. The number of carbonyl (C=O) groups excluding carboxylic acids is 1. The van der Waals surface area contributed by atoms with Gasteiger partial charge in [0, 0.05) is 10.6 Å². The van der Waals surface area contributed by atoms with E-state index in [0.717, 1.165) is 5.56 Å². The van der Waals surface area contributed by atoms with Crippen LogP contribution in [0.15, 0.2) is 88.9 Å². The molecule has 8 heteroatoms. The van der Waals surface area contributed by atoms with Crippen LogP contribution in [0.1, 0.15) is 11.1 Å².